The van der Waals surface area contributed by atoms with Crippen molar-refractivity contribution in [3.8, 4) is 0 Å². The summed E-state index contributed by atoms with van der Waals surface area (Å²) in [6, 6.07) is 6.32. The van der Waals surface area contributed by atoms with Gasteiger partial charge < -0.3 is 10.1 Å². The first-order chi connectivity index (χ1) is 15.7. The summed E-state index contributed by atoms with van der Waals surface area (Å²) in [5.74, 6) is -0.495. The van der Waals surface area contributed by atoms with Crippen LogP contribution in [0.4, 0.5) is 5.00 Å². The van der Waals surface area contributed by atoms with E-state index in [-0.39, 0.29) is 18.3 Å². The summed E-state index contributed by atoms with van der Waals surface area (Å²) in [6.07, 6.45) is 0. The number of fused-ring (bicyclic) bond motifs is 3. The van der Waals surface area contributed by atoms with Crippen molar-refractivity contribution in [2.75, 3.05) is 17.7 Å². The number of ether oxygens (including phenoxy) is 1. The molecule has 1 N–H and O–H groups in total. The molecule has 0 radical (unpaired) electrons. The molecule has 0 unspecified atom stereocenters. The van der Waals surface area contributed by atoms with E-state index in [4.69, 9.17) is 4.74 Å². The number of nitrogens with zero attached hydrogens (tertiary/aromatic N) is 3. The predicted molar refractivity (Wildman–Crippen MR) is 134 cm³/mol. The van der Waals surface area contributed by atoms with Gasteiger partial charge in [0.15, 0.2) is 10.8 Å². The van der Waals surface area contributed by atoms with Gasteiger partial charge in [-0.25, -0.2) is 4.79 Å². The van der Waals surface area contributed by atoms with E-state index < -0.39 is 5.97 Å². The van der Waals surface area contributed by atoms with Crippen LogP contribution >= 0.6 is 23.1 Å². The summed E-state index contributed by atoms with van der Waals surface area (Å²) in [5, 5.41) is 13.9. The van der Waals surface area contributed by atoms with Crippen LogP contribution in [-0.4, -0.2) is 38.8 Å². The number of benzene rings is 1. The number of amides is 1. The van der Waals surface area contributed by atoms with Gasteiger partial charge in [0.25, 0.3) is 0 Å². The Kier molecular flexibility index (Phi) is 6.45. The first-order valence-electron chi connectivity index (χ1n) is 10.7. The lowest BCUT2D eigenvalue weighted by molar-refractivity contribution is -0.113. The molecule has 4 rings (SSSR count). The van der Waals surface area contributed by atoms with Crippen LogP contribution in [0.25, 0.3) is 16.6 Å². The summed E-state index contributed by atoms with van der Waals surface area (Å²) in [5.41, 5.74) is 6.54. The van der Waals surface area contributed by atoms with Crippen molar-refractivity contribution in [1.82, 2.24) is 14.6 Å². The van der Waals surface area contributed by atoms with Crippen LogP contribution < -0.4 is 5.32 Å². The third-order valence-corrected chi connectivity index (χ3v) is 7.60. The lowest BCUT2D eigenvalue weighted by Crippen LogP contribution is -2.16. The quantitative estimate of drug-likeness (QED) is 0.293. The van der Waals surface area contributed by atoms with Gasteiger partial charge in [0.05, 0.1) is 23.4 Å². The number of carbonyl (C=O) groups excluding carboxylic acids is 2. The second-order valence-electron chi connectivity index (χ2n) is 8.03. The molecule has 7 nitrogen and oxygen atoms in total. The van der Waals surface area contributed by atoms with Crippen molar-refractivity contribution in [3.05, 3.63) is 50.9 Å². The average molecular weight is 483 g/mol. The van der Waals surface area contributed by atoms with Gasteiger partial charge in [-0.15, -0.1) is 21.5 Å². The van der Waals surface area contributed by atoms with Crippen LogP contribution in [0, 0.1) is 34.6 Å². The number of aromatic nitrogens is 3. The maximum Gasteiger partial charge on any atom is 0.341 e. The molecule has 0 atom stereocenters. The number of aryl methyl sites for hydroxylation is 4. The summed E-state index contributed by atoms with van der Waals surface area (Å²) in [7, 11) is 0. The number of hydrogen-bond acceptors (Lipinski definition) is 7. The number of pyridine rings is 1. The van der Waals surface area contributed by atoms with E-state index >= 15 is 0 Å². The van der Waals surface area contributed by atoms with Gasteiger partial charge in [-0.05, 0) is 70.4 Å². The van der Waals surface area contributed by atoms with Crippen molar-refractivity contribution in [1.29, 1.82) is 0 Å². The Morgan fingerprint density at radius 3 is 2.58 bits per heavy atom. The Labute approximate surface area is 200 Å². The zero-order valence-corrected chi connectivity index (χ0v) is 21.2. The van der Waals surface area contributed by atoms with Gasteiger partial charge in [-0.3, -0.25) is 9.20 Å². The monoisotopic (exact) mass is 482 g/mol. The van der Waals surface area contributed by atoms with Gasteiger partial charge in [-0.2, -0.15) is 0 Å². The van der Waals surface area contributed by atoms with E-state index in [0.717, 1.165) is 38.1 Å². The van der Waals surface area contributed by atoms with Crippen LogP contribution in [0.1, 0.15) is 44.4 Å². The Hall–Kier alpha value is -2.91. The number of thiophene rings is 1. The van der Waals surface area contributed by atoms with Crippen LogP contribution in [0.3, 0.4) is 0 Å². The minimum absolute atomic E-state index is 0.138. The van der Waals surface area contributed by atoms with E-state index in [9.17, 15) is 9.59 Å². The maximum absolute atomic E-state index is 12.8. The zero-order valence-electron chi connectivity index (χ0n) is 19.5. The Bertz CT molecular complexity index is 1400. The Morgan fingerprint density at radius 1 is 1.09 bits per heavy atom. The molecule has 3 heterocycles. The number of esters is 1. The molecule has 0 bridgehead atoms. The molecule has 33 heavy (non-hydrogen) atoms. The smallest absolute Gasteiger partial charge is 0.341 e. The molecule has 0 aliphatic heterocycles. The number of hydrogen-bond donors (Lipinski definition) is 1. The van der Waals surface area contributed by atoms with Crippen LogP contribution in [0.2, 0.25) is 0 Å². The van der Waals surface area contributed by atoms with Crippen molar-refractivity contribution < 1.29 is 14.3 Å². The second-order valence-corrected chi connectivity index (χ2v) is 10.2. The molecule has 0 saturated heterocycles. The Morgan fingerprint density at radius 2 is 1.85 bits per heavy atom. The third kappa shape index (κ3) is 4.35. The molecule has 1 amide bonds. The van der Waals surface area contributed by atoms with Crippen LogP contribution in [0.5, 0.6) is 0 Å². The highest BCUT2D eigenvalue weighted by Gasteiger charge is 2.22. The minimum atomic E-state index is -0.418. The summed E-state index contributed by atoms with van der Waals surface area (Å²) >= 11 is 2.70. The summed E-state index contributed by atoms with van der Waals surface area (Å²) < 4.78 is 7.18. The molecular weight excluding hydrogens is 456 g/mol. The van der Waals surface area contributed by atoms with Gasteiger partial charge in [0, 0.05) is 10.3 Å². The topological polar surface area (TPSA) is 85.6 Å². The van der Waals surface area contributed by atoms with Gasteiger partial charge in [0.1, 0.15) is 5.00 Å². The number of carbonyl (C=O) groups is 2. The normalized spacial score (nSPS) is 11.3. The van der Waals surface area contributed by atoms with Gasteiger partial charge in [-0.1, -0.05) is 23.4 Å². The average Bonchev–Trinajstić information content (AvgIpc) is 3.26. The van der Waals surface area contributed by atoms with E-state index in [1.807, 2.05) is 24.3 Å². The van der Waals surface area contributed by atoms with Crippen molar-refractivity contribution in [3.63, 3.8) is 0 Å². The molecule has 172 valence electrons. The molecule has 1 aromatic carbocycles. The van der Waals surface area contributed by atoms with E-state index in [2.05, 4.69) is 48.4 Å². The van der Waals surface area contributed by atoms with Gasteiger partial charge >= 0.3 is 5.97 Å². The first-order valence-corrected chi connectivity index (χ1v) is 12.5. The lowest BCUT2D eigenvalue weighted by Gasteiger charge is -2.11. The predicted octanol–water partition coefficient (Wildman–Crippen LogP) is 5.39. The molecule has 3 aromatic heterocycles. The largest absolute Gasteiger partial charge is 0.462 e. The van der Waals surface area contributed by atoms with E-state index in [1.54, 1.807) is 6.92 Å². The molecule has 0 aliphatic carbocycles. The Balaban J connectivity index is 1.60. The first kappa shape index (κ1) is 23.3. The molecule has 9 heteroatoms. The number of anilines is 1. The van der Waals surface area contributed by atoms with E-state index in [0.29, 0.717) is 15.7 Å². The maximum atomic E-state index is 12.8. The molecule has 0 saturated carbocycles. The standard InChI is InChI=1S/C24H26N4O3S2/c1-7-31-23(30)20-15(5)16(6)33-22(20)25-19(29)11-32-24-27-26-18-10-13(3)17-9-12(2)8-14(4)21(17)28(18)24/h8-10H,7,11H2,1-6H3,(H,25,29). The molecular formula is C24H26N4O3S2. The molecule has 0 aliphatic rings. The minimum Gasteiger partial charge on any atom is -0.462 e. The molecule has 0 spiro atoms. The highest BCUT2D eigenvalue weighted by molar-refractivity contribution is 7.99. The van der Waals surface area contributed by atoms with Gasteiger partial charge in [0.2, 0.25) is 5.91 Å². The van der Waals surface area contributed by atoms with Crippen LogP contribution in [-0.2, 0) is 9.53 Å². The zero-order chi connectivity index (χ0) is 23.9. The van der Waals surface area contributed by atoms with Crippen LogP contribution in [0.15, 0.2) is 23.4 Å². The van der Waals surface area contributed by atoms with Crippen molar-refractivity contribution in [2.45, 2.75) is 46.7 Å². The summed E-state index contributed by atoms with van der Waals surface area (Å²) in [4.78, 5) is 26.1. The summed E-state index contributed by atoms with van der Waals surface area (Å²) in [6.45, 7) is 12.1. The molecule has 4 aromatic rings. The second kappa shape index (κ2) is 9.15. The SMILES string of the molecule is CCOC(=O)c1c(NC(=O)CSc2nnc3cc(C)c4cc(C)cc(C)c4n23)sc(C)c1C. The highest BCUT2D eigenvalue weighted by atomic mass is 32.2. The number of thioether (sulfide) groups is 1. The number of nitrogens with one attached hydrogen (secondary N) is 1. The number of rotatable bonds is 6. The fourth-order valence-electron chi connectivity index (χ4n) is 3.96. The third-order valence-electron chi connectivity index (χ3n) is 5.55. The van der Waals surface area contributed by atoms with Crippen molar-refractivity contribution >= 4 is 56.5 Å². The fourth-order valence-corrected chi connectivity index (χ4v) is 5.77. The fraction of sp³-hybridized carbons (Fsp3) is 0.333. The van der Waals surface area contributed by atoms with Crippen molar-refractivity contribution in [2.24, 2.45) is 0 Å². The highest BCUT2D eigenvalue weighted by Crippen LogP contribution is 2.34. The molecule has 0 fully saturated rings. The lowest BCUT2D eigenvalue weighted by atomic mass is 10.0. The van der Waals surface area contributed by atoms with E-state index in [1.165, 1.54) is 28.7 Å².